The van der Waals surface area contributed by atoms with Crippen LogP contribution in [0.1, 0.15) is 59.2 Å². The highest BCUT2D eigenvalue weighted by molar-refractivity contribution is 6.26. The van der Waals surface area contributed by atoms with Crippen molar-refractivity contribution in [2.75, 3.05) is 58.2 Å². The van der Waals surface area contributed by atoms with Crippen LogP contribution in [0.4, 0.5) is 5.69 Å². The van der Waals surface area contributed by atoms with Gasteiger partial charge in [0, 0.05) is 19.4 Å². The minimum absolute atomic E-state index is 0.0259. The van der Waals surface area contributed by atoms with Gasteiger partial charge in [-0.25, -0.2) is 4.79 Å². The molecule has 1 saturated heterocycles. The second-order valence-electron chi connectivity index (χ2n) is 9.32. The molecule has 1 atom stereocenters. The van der Waals surface area contributed by atoms with Crippen molar-refractivity contribution in [3.05, 3.63) is 29.3 Å². The van der Waals surface area contributed by atoms with E-state index in [2.05, 4.69) is 10.6 Å². The maximum Gasteiger partial charge on any atom is 0.329 e. The maximum atomic E-state index is 13.1. The molecule has 41 heavy (non-hydrogen) atoms. The second kappa shape index (κ2) is 16.5. The van der Waals surface area contributed by atoms with E-state index in [0.717, 1.165) is 17.7 Å². The van der Waals surface area contributed by atoms with Gasteiger partial charge in [0.05, 0.1) is 56.5 Å². The van der Waals surface area contributed by atoms with Gasteiger partial charge in [0.15, 0.2) is 0 Å². The van der Waals surface area contributed by atoms with Crippen molar-refractivity contribution in [1.82, 2.24) is 10.2 Å². The third-order valence-electron chi connectivity index (χ3n) is 6.28. The minimum atomic E-state index is -1.07. The molecule has 1 fully saturated rings. The number of ether oxygens (including phenoxy) is 4. The van der Waals surface area contributed by atoms with Crippen LogP contribution in [0.2, 0.25) is 0 Å². The topological polar surface area (TPSA) is 187 Å². The molecule has 5 amide bonds. The number of carboxylic acids is 1. The summed E-state index contributed by atoms with van der Waals surface area (Å²) in [6.45, 7) is 2.25. The van der Waals surface area contributed by atoms with Gasteiger partial charge in [-0.05, 0) is 31.4 Å². The Labute approximate surface area is 236 Å². The fourth-order valence-corrected chi connectivity index (χ4v) is 4.32. The molecule has 0 saturated carbocycles. The highest BCUT2D eigenvalue weighted by Gasteiger charge is 2.45. The monoisotopic (exact) mass is 577 g/mol. The molecule has 3 N–H and O–H groups in total. The van der Waals surface area contributed by atoms with Crippen molar-refractivity contribution in [2.24, 2.45) is 0 Å². The van der Waals surface area contributed by atoms with Gasteiger partial charge >= 0.3 is 5.97 Å². The Bertz CT molecular complexity index is 1120. The lowest BCUT2D eigenvalue weighted by molar-refractivity contribution is -0.143. The summed E-state index contributed by atoms with van der Waals surface area (Å²) >= 11 is 0. The number of nitrogens with zero attached hydrogens (tertiary/aromatic N) is 1. The van der Waals surface area contributed by atoms with Crippen molar-refractivity contribution >= 4 is 41.2 Å². The molecule has 3 rings (SSSR count). The summed E-state index contributed by atoms with van der Waals surface area (Å²) in [5.74, 6) is -3.77. The van der Waals surface area contributed by atoms with Crippen LogP contribution in [-0.4, -0.2) is 104 Å². The van der Waals surface area contributed by atoms with Gasteiger partial charge in [0.1, 0.15) is 12.6 Å². The number of carbonyl (C=O) groups is 6. The van der Waals surface area contributed by atoms with Crippen LogP contribution in [0.15, 0.2) is 18.2 Å². The molecule has 14 heteroatoms. The SMILES string of the molecule is O=C(O)COCCOCCOCCOCCCCCC(=O)Nc1cccc2c1C(=O)N(C1CCC(=O)NC1=O)C2=O. The molecule has 0 bridgehead atoms. The molecule has 1 unspecified atom stereocenters. The molecule has 2 heterocycles. The molecule has 2 aliphatic heterocycles. The first kappa shape index (κ1) is 31.8. The van der Waals surface area contributed by atoms with Crippen molar-refractivity contribution in [2.45, 2.75) is 44.6 Å². The van der Waals surface area contributed by atoms with Gasteiger partial charge in [0.25, 0.3) is 11.8 Å². The zero-order valence-corrected chi connectivity index (χ0v) is 22.7. The second-order valence-corrected chi connectivity index (χ2v) is 9.32. The van der Waals surface area contributed by atoms with Crippen LogP contribution in [0, 0.1) is 0 Å². The van der Waals surface area contributed by atoms with E-state index in [1.165, 1.54) is 12.1 Å². The van der Waals surface area contributed by atoms with Crippen molar-refractivity contribution in [3.8, 4) is 0 Å². The highest BCUT2D eigenvalue weighted by atomic mass is 16.6. The number of carbonyl (C=O) groups excluding carboxylic acids is 5. The Morgan fingerprint density at radius 1 is 0.878 bits per heavy atom. The molecule has 1 aromatic rings. The van der Waals surface area contributed by atoms with Gasteiger partial charge in [-0.2, -0.15) is 0 Å². The first-order valence-corrected chi connectivity index (χ1v) is 13.5. The average Bonchev–Trinajstić information content (AvgIpc) is 3.18. The zero-order chi connectivity index (χ0) is 29.6. The molecular weight excluding hydrogens is 542 g/mol. The Kier molecular flexibility index (Phi) is 12.8. The van der Waals surface area contributed by atoms with Gasteiger partial charge in [0.2, 0.25) is 17.7 Å². The van der Waals surface area contributed by atoms with E-state index in [-0.39, 0.29) is 55.2 Å². The number of amides is 5. The summed E-state index contributed by atoms with van der Waals surface area (Å²) in [7, 11) is 0. The van der Waals surface area contributed by atoms with Crippen LogP contribution in [-0.2, 0) is 38.1 Å². The lowest BCUT2D eigenvalue weighted by atomic mass is 10.0. The Hall–Kier alpha value is -3.72. The number of unbranched alkanes of at least 4 members (excludes halogenated alkanes) is 2. The Balaban J connectivity index is 1.27. The number of benzene rings is 1. The summed E-state index contributed by atoms with van der Waals surface area (Å²) in [6.07, 6.45) is 2.40. The number of fused-ring (bicyclic) bond motifs is 1. The van der Waals surface area contributed by atoms with Crippen molar-refractivity contribution < 1.29 is 52.8 Å². The maximum absolute atomic E-state index is 13.1. The first-order chi connectivity index (χ1) is 19.8. The fourth-order valence-electron chi connectivity index (χ4n) is 4.32. The van der Waals surface area contributed by atoms with E-state index in [9.17, 15) is 28.8 Å². The number of anilines is 1. The van der Waals surface area contributed by atoms with Crippen molar-refractivity contribution in [1.29, 1.82) is 0 Å². The number of hydrogen-bond donors (Lipinski definition) is 3. The normalized spacial score (nSPS) is 16.6. The smallest absolute Gasteiger partial charge is 0.329 e. The predicted molar refractivity (Wildman–Crippen MR) is 141 cm³/mol. The van der Waals surface area contributed by atoms with Gasteiger partial charge in [-0.3, -0.25) is 34.2 Å². The number of imide groups is 2. The molecule has 0 aromatic heterocycles. The number of carboxylic acid groups (broad SMARTS) is 1. The van der Waals surface area contributed by atoms with Crippen LogP contribution >= 0.6 is 0 Å². The van der Waals surface area contributed by atoms with Crippen molar-refractivity contribution in [3.63, 3.8) is 0 Å². The first-order valence-electron chi connectivity index (χ1n) is 13.5. The van der Waals surface area contributed by atoms with E-state index in [1.54, 1.807) is 6.07 Å². The largest absolute Gasteiger partial charge is 0.480 e. The third kappa shape index (κ3) is 9.70. The lowest BCUT2D eigenvalue weighted by Crippen LogP contribution is -2.54. The third-order valence-corrected chi connectivity index (χ3v) is 6.28. The van der Waals surface area contributed by atoms with E-state index < -0.39 is 35.6 Å². The average molecular weight is 578 g/mol. The number of aliphatic carboxylic acids is 1. The number of hydrogen-bond acceptors (Lipinski definition) is 10. The van der Waals surface area contributed by atoms with E-state index in [0.29, 0.717) is 46.1 Å². The number of piperidine rings is 1. The molecular formula is C27H35N3O11. The highest BCUT2D eigenvalue weighted by Crippen LogP contribution is 2.32. The molecule has 0 radical (unpaired) electrons. The summed E-state index contributed by atoms with van der Waals surface area (Å²) in [4.78, 5) is 73.4. The van der Waals surface area contributed by atoms with Gasteiger partial charge < -0.3 is 29.4 Å². The fraction of sp³-hybridized carbons (Fsp3) is 0.556. The van der Waals surface area contributed by atoms with Crippen LogP contribution in [0.25, 0.3) is 0 Å². The molecule has 0 aliphatic carbocycles. The zero-order valence-electron chi connectivity index (χ0n) is 22.7. The van der Waals surface area contributed by atoms with Crippen LogP contribution < -0.4 is 10.6 Å². The minimum Gasteiger partial charge on any atom is -0.480 e. The molecule has 1 aromatic carbocycles. The Morgan fingerprint density at radius 2 is 1.54 bits per heavy atom. The molecule has 0 spiro atoms. The van der Waals surface area contributed by atoms with E-state index in [1.807, 2.05) is 0 Å². The molecule has 2 aliphatic rings. The summed E-state index contributed by atoms with van der Waals surface area (Å²) in [5, 5.41) is 13.3. The quantitative estimate of drug-likeness (QED) is 0.155. The predicted octanol–water partition coefficient (Wildman–Crippen LogP) is 0.738. The van der Waals surface area contributed by atoms with E-state index in [4.69, 9.17) is 24.1 Å². The summed E-state index contributed by atoms with van der Waals surface area (Å²) < 4.78 is 20.9. The number of nitrogens with one attached hydrogen (secondary N) is 2. The van der Waals surface area contributed by atoms with E-state index >= 15 is 0 Å². The molecule has 14 nitrogen and oxygen atoms in total. The van der Waals surface area contributed by atoms with Crippen LogP contribution in [0.3, 0.4) is 0 Å². The van der Waals surface area contributed by atoms with Gasteiger partial charge in [-0.1, -0.05) is 12.5 Å². The Morgan fingerprint density at radius 3 is 2.20 bits per heavy atom. The number of rotatable bonds is 19. The summed E-state index contributed by atoms with van der Waals surface area (Å²) in [5.41, 5.74) is 0.358. The van der Waals surface area contributed by atoms with Crippen LogP contribution in [0.5, 0.6) is 0 Å². The standard InChI is InChI=1S/C27H35N3O11/c31-21(7-2-1-3-10-38-11-12-39-13-14-40-15-16-41-17-23(33)34)28-19-6-4-5-18-24(19)27(37)30(26(18)36)20-8-9-22(32)29-25(20)35/h4-6,20H,1-3,7-17H2,(H,28,31)(H,33,34)(H,29,32,35). The summed E-state index contributed by atoms with van der Waals surface area (Å²) in [6, 6.07) is 3.49. The molecule has 224 valence electrons. The van der Waals surface area contributed by atoms with Gasteiger partial charge in [-0.15, -0.1) is 0 Å². The lowest BCUT2D eigenvalue weighted by Gasteiger charge is -2.27.